The second-order valence-corrected chi connectivity index (χ2v) is 4.90. The zero-order chi connectivity index (χ0) is 15.6. The van der Waals surface area contributed by atoms with Crippen molar-refractivity contribution in [1.29, 1.82) is 0 Å². The topological polar surface area (TPSA) is 53.5 Å². The SMILES string of the molecule is Fc1ccc(OCc2cc3c(nn2)Oc2ccccc2O3)cc1. The van der Waals surface area contributed by atoms with Gasteiger partial charge in [0.1, 0.15) is 23.9 Å². The molecule has 0 fully saturated rings. The molecular weight excluding hydrogens is 299 g/mol. The van der Waals surface area contributed by atoms with Crippen molar-refractivity contribution in [2.75, 3.05) is 0 Å². The van der Waals surface area contributed by atoms with E-state index in [4.69, 9.17) is 14.2 Å². The Balaban J connectivity index is 1.51. The first-order valence-electron chi connectivity index (χ1n) is 6.98. The molecule has 1 aromatic heterocycles. The summed E-state index contributed by atoms with van der Waals surface area (Å²) in [6, 6.07) is 14.8. The van der Waals surface area contributed by atoms with E-state index < -0.39 is 0 Å². The maximum atomic E-state index is 12.9. The van der Waals surface area contributed by atoms with Crippen LogP contribution in [0.1, 0.15) is 5.69 Å². The summed E-state index contributed by atoms with van der Waals surface area (Å²) >= 11 is 0. The zero-order valence-corrected chi connectivity index (χ0v) is 11.9. The molecule has 0 spiro atoms. The van der Waals surface area contributed by atoms with Crippen molar-refractivity contribution in [2.24, 2.45) is 0 Å². The van der Waals surface area contributed by atoms with Crippen molar-refractivity contribution < 1.29 is 18.6 Å². The summed E-state index contributed by atoms with van der Waals surface area (Å²) in [5.74, 6) is 2.26. The molecular formula is C17H11FN2O3. The van der Waals surface area contributed by atoms with Crippen molar-refractivity contribution in [3.8, 4) is 28.9 Å². The third-order valence-corrected chi connectivity index (χ3v) is 3.25. The van der Waals surface area contributed by atoms with Crippen LogP contribution in [-0.4, -0.2) is 10.2 Å². The number of hydrogen-bond donors (Lipinski definition) is 0. The van der Waals surface area contributed by atoms with Gasteiger partial charge in [0.25, 0.3) is 5.88 Å². The standard InChI is InChI=1S/C17H11FN2O3/c18-11-5-7-13(8-6-11)21-10-12-9-16-17(20-19-12)23-15-4-2-1-3-14(15)22-16/h1-9H,10H2. The van der Waals surface area contributed by atoms with Gasteiger partial charge < -0.3 is 14.2 Å². The monoisotopic (exact) mass is 310 g/mol. The van der Waals surface area contributed by atoms with Gasteiger partial charge in [0.05, 0.1) is 0 Å². The van der Waals surface area contributed by atoms with Crippen molar-refractivity contribution in [3.63, 3.8) is 0 Å². The van der Waals surface area contributed by atoms with Gasteiger partial charge >= 0.3 is 0 Å². The van der Waals surface area contributed by atoms with Crippen LogP contribution in [0, 0.1) is 5.82 Å². The molecule has 5 nitrogen and oxygen atoms in total. The van der Waals surface area contributed by atoms with E-state index in [1.165, 1.54) is 12.1 Å². The summed E-state index contributed by atoms with van der Waals surface area (Å²) in [5, 5.41) is 8.05. The van der Waals surface area contributed by atoms with Gasteiger partial charge in [-0.25, -0.2) is 4.39 Å². The molecule has 23 heavy (non-hydrogen) atoms. The quantitative estimate of drug-likeness (QED) is 0.570. The largest absolute Gasteiger partial charge is 0.487 e. The minimum atomic E-state index is -0.310. The van der Waals surface area contributed by atoms with Crippen LogP contribution in [0.4, 0.5) is 4.39 Å². The van der Waals surface area contributed by atoms with Gasteiger partial charge in [-0.1, -0.05) is 12.1 Å². The van der Waals surface area contributed by atoms with Crippen LogP contribution < -0.4 is 14.2 Å². The Morgan fingerprint density at radius 3 is 2.39 bits per heavy atom. The van der Waals surface area contributed by atoms with E-state index in [1.807, 2.05) is 18.2 Å². The van der Waals surface area contributed by atoms with Gasteiger partial charge in [-0.3, -0.25) is 0 Å². The fraction of sp³-hybridized carbons (Fsp3) is 0.0588. The Hall–Kier alpha value is -3.15. The highest BCUT2D eigenvalue weighted by atomic mass is 19.1. The second-order valence-electron chi connectivity index (χ2n) is 4.90. The van der Waals surface area contributed by atoms with Gasteiger partial charge in [-0.15, -0.1) is 10.2 Å². The molecule has 0 N–H and O–H groups in total. The van der Waals surface area contributed by atoms with Crippen LogP contribution in [0.25, 0.3) is 0 Å². The lowest BCUT2D eigenvalue weighted by molar-refractivity contribution is 0.293. The normalized spacial score (nSPS) is 11.7. The van der Waals surface area contributed by atoms with E-state index in [0.29, 0.717) is 34.6 Å². The molecule has 4 rings (SSSR count). The summed E-state index contributed by atoms with van der Waals surface area (Å²) in [6.45, 7) is 0.191. The van der Waals surface area contributed by atoms with Crippen LogP contribution in [0.5, 0.6) is 28.9 Å². The molecule has 0 atom stereocenters. The van der Waals surface area contributed by atoms with Crippen LogP contribution in [0.15, 0.2) is 54.6 Å². The van der Waals surface area contributed by atoms with Gasteiger partial charge in [0.2, 0.25) is 0 Å². The van der Waals surface area contributed by atoms with Crippen molar-refractivity contribution in [1.82, 2.24) is 10.2 Å². The lowest BCUT2D eigenvalue weighted by atomic mass is 10.3. The molecule has 6 heteroatoms. The molecule has 0 aliphatic carbocycles. The lowest BCUT2D eigenvalue weighted by Crippen LogP contribution is -2.05. The molecule has 0 bridgehead atoms. The van der Waals surface area contributed by atoms with Gasteiger partial charge in [-0.2, -0.15) is 0 Å². The number of para-hydroxylation sites is 2. The number of rotatable bonds is 3. The Labute approximate surface area is 131 Å². The molecule has 0 amide bonds. The van der Waals surface area contributed by atoms with E-state index in [0.717, 1.165) is 0 Å². The van der Waals surface area contributed by atoms with Crippen molar-refractivity contribution >= 4 is 0 Å². The van der Waals surface area contributed by atoms with Crippen LogP contribution in [0.2, 0.25) is 0 Å². The molecule has 1 aliphatic rings. The molecule has 0 saturated heterocycles. The summed E-state index contributed by atoms with van der Waals surface area (Å²) in [7, 11) is 0. The fourth-order valence-corrected chi connectivity index (χ4v) is 2.14. The van der Waals surface area contributed by atoms with Crippen molar-refractivity contribution in [3.05, 3.63) is 66.1 Å². The van der Waals surface area contributed by atoms with E-state index in [9.17, 15) is 4.39 Å². The van der Waals surface area contributed by atoms with E-state index >= 15 is 0 Å². The molecule has 0 unspecified atom stereocenters. The van der Waals surface area contributed by atoms with E-state index in [2.05, 4.69) is 10.2 Å². The highest BCUT2D eigenvalue weighted by Crippen LogP contribution is 2.43. The fourth-order valence-electron chi connectivity index (χ4n) is 2.14. The van der Waals surface area contributed by atoms with Crippen molar-refractivity contribution in [2.45, 2.75) is 6.61 Å². The third-order valence-electron chi connectivity index (χ3n) is 3.25. The molecule has 2 aromatic carbocycles. The zero-order valence-electron chi connectivity index (χ0n) is 11.9. The Bertz CT molecular complexity index is 853. The van der Waals surface area contributed by atoms with E-state index in [1.54, 1.807) is 24.3 Å². The molecule has 0 saturated carbocycles. The summed E-state index contributed by atoms with van der Waals surface area (Å²) < 4.78 is 29.8. The smallest absolute Gasteiger partial charge is 0.282 e. The summed E-state index contributed by atoms with van der Waals surface area (Å²) in [5.41, 5.74) is 0.580. The van der Waals surface area contributed by atoms with Crippen LogP contribution in [-0.2, 0) is 6.61 Å². The highest BCUT2D eigenvalue weighted by Gasteiger charge is 2.20. The minimum absolute atomic E-state index is 0.191. The number of aromatic nitrogens is 2. The van der Waals surface area contributed by atoms with Gasteiger partial charge in [0.15, 0.2) is 17.2 Å². The maximum absolute atomic E-state index is 12.9. The highest BCUT2D eigenvalue weighted by molar-refractivity contribution is 5.51. The predicted octanol–water partition coefficient (Wildman–Crippen LogP) is 4.09. The minimum Gasteiger partial charge on any atom is -0.487 e. The first-order valence-corrected chi connectivity index (χ1v) is 6.98. The Kier molecular flexibility index (Phi) is 3.27. The van der Waals surface area contributed by atoms with E-state index in [-0.39, 0.29) is 12.4 Å². The van der Waals surface area contributed by atoms with Gasteiger partial charge in [-0.05, 0) is 36.4 Å². The average molecular weight is 310 g/mol. The summed E-state index contributed by atoms with van der Waals surface area (Å²) in [6.07, 6.45) is 0. The van der Waals surface area contributed by atoms with Gasteiger partial charge in [0, 0.05) is 6.07 Å². The first kappa shape index (κ1) is 13.5. The molecule has 0 radical (unpaired) electrons. The number of benzene rings is 2. The first-order chi connectivity index (χ1) is 11.3. The lowest BCUT2D eigenvalue weighted by Gasteiger charge is -2.19. The maximum Gasteiger partial charge on any atom is 0.282 e. The number of halogens is 1. The molecule has 2 heterocycles. The molecule has 1 aliphatic heterocycles. The number of fused-ring (bicyclic) bond motifs is 2. The third kappa shape index (κ3) is 2.78. The number of nitrogens with zero attached hydrogens (tertiary/aromatic N) is 2. The predicted molar refractivity (Wildman–Crippen MR) is 79.4 cm³/mol. The Morgan fingerprint density at radius 2 is 1.61 bits per heavy atom. The number of hydrogen-bond acceptors (Lipinski definition) is 5. The van der Waals surface area contributed by atoms with Crippen LogP contribution in [0.3, 0.4) is 0 Å². The van der Waals surface area contributed by atoms with Crippen LogP contribution >= 0.6 is 0 Å². The molecule has 3 aromatic rings. The summed E-state index contributed by atoms with van der Waals surface area (Å²) in [4.78, 5) is 0. The molecule has 114 valence electrons. The average Bonchev–Trinajstić information content (AvgIpc) is 2.59. The Morgan fingerprint density at radius 1 is 0.870 bits per heavy atom. The second kappa shape index (κ2) is 5.57. The number of ether oxygens (including phenoxy) is 3.